The SMILES string of the molecule is CCC(O)(CC)OC(=O)C=C(C)C. The smallest absolute Gasteiger partial charge is 0.333 e. The fourth-order valence-corrected chi connectivity index (χ4v) is 0.847. The standard InChI is InChI=1S/C10H18O3/c1-5-10(12,6-2)13-9(11)7-8(3)4/h7,12H,5-6H2,1-4H3. The van der Waals surface area contributed by atoms with Crippen molar-refractivity contribution in [1.82, 2.24) is 0 Å². The van der Waals surface area contributed by atoms with Crippen LogP contribution in [-0.4, -0.2) is 16.9 Å². The van der Waals surface area contributed by atoms with Crippen molar-refractivity contribution < 1.29 is 14.6 Å². The summed E-state index contributed by atoms with van der Waals surface area (Å²) in [5.74, 6) is -1.78. The molecule has 0 spiro atoms. The summed E-state index contributed by atoms with van der Waals surface area (Å²) in [5.41, 5.74) is 0.861. The van der Waals surface area contributed by atoms with Crippen molar-refractivity contribution in [3.05, 3.63) is 11.6 Å². The van der Waals surface area contributed by atoms with Crippen molar-refractivity contribution in [3.63, 3.8) is 0 Å². The second-order valence-electron chi connectivity index (χ2n) is 3.30. The molecule has 0 amide bonds. The summed E-state index contributed by atoms with van der Waals surface area (Å²) in [6.45, 7) is 7.16. The molecule has 1 N–H and O–H groups in total. The van der Waals surface area contributed by atoms with E-state index in [9.17, 15) is 9.90 Å². The van der Waals surface area contributed by atoms with Crippen LogP contribution in [0.1, 0.15) is 40.5 Å². The summed E-state index contributed by atoms with van der Waals surface area (Å²) >= 11 is 0. The molecule has 0 aliphatic heterocycles. The minimum atomic E-state index is -1.30. The maximum atomic E-state index is 11.1. The first-order valence-electron chi connectivity index (χ1n) is 4.53. The molecule has 0 heterocycles. The Morgan fingerprint density at radius 1 is 1.38 bits per heavy atom. The maximum Gasteiger partial charge on any atom is 0.333 e. The second-order valence-corrected chi connectivity index (χ2v) is 3.30. The van der Waals surface area contributed by atoms with Gasteiger partial charge in [0.25, 0.3) is 0 Å². The molecule has 0 bridgehead atoms. The number of rotatable bonds is 4. The molecule has 0 saturated heterocycles. The van der Waals surface area contributed by atoms with Gasteiger partial charge in [-0.1, -0.05) is 19.4 Å². The Hall–Kier alpha value is -0.830. The molecule has 0 atom stereocenters. The van der Waals surface area contributed by atoms with E-state index in [1.54, 1.807) is 27.7 Å². The molecule has 3 heteroatoms. The number of ether oxygens (including phenoxy) is 1. The zero-order chi connectivity index (χ0) is 10.5. The Bertz CT molecular complexity index is 198. The summed E-state index contributed by atoms with van der Waals surface area (Å²) in [6.07, 6.45) is 2.19. The fourth-order valence-electron chi connectivity index (χ4n) is 0.847. The van der Waals surface area contributed by atoms with E-state index >= 15 is 0 Å². The van der Waals surface area contributed by atoms with E-state index in [0.717, 1.165) is 5.57 Å². The highest BCUT2D eigenvalue weighted by Gasteiger charge is 2.25. The van der Waals surface area contributed by atoms with Crippen LogP contribution in [0.3, 0.4) is 0 Å². The molecular weight excluding hydrogens is 168 g/mol. The van der Waals surface area contributed by atoms with Crippen LogP contribution in [0.4, 0.5) is 0 Å². The minimum absolute atomic E-state index is 0.409. The van der Waals surface area contributed by atoms with Gasteiger partial charge in [-0.2, -0.15) is 0 Å². The van der Waals surface area contributed by atoms with Crippen LogP contribution < -0.4 is 0 Å². The van der Waals surface area contributed by atoms with Gasteiger partial charge in [-0.3, -0.25) is 0 Å². The molecule has 0 saturated carbocycles. The molecule has 0 rings (SSSR count). The zero-order valence-electron chi connectivity index (χ0n) is 8.76. The number of hydrogen-bond acceptors (Lipinski definition) is 3. The summed E-state index contributed by atoms with van der Waals surface area (Å²) in [7, 11) is 0. The van der Waals surface area contributed by atoms with Gasteiger partial charge in [0.2, 0.25) is 5.79 Å². The lowest BCUT2D eigenvalue weighted by molar-refractivity contribution is -0.206. The largest absolute Gasteiger partial charge is 0.430 e. The summed E-state index contributed by atoms with van der Waals surface area (Å²) in [5, 5.41) is 9.64. The zero-order valence-corrected chi connectivity index (χ0v) is 8.76. The van der Waals surface area contributed by atoms with Crippen molar-refractivity contribution >= 4 is 5.97 Å². The Morgan fingerprint density at radius 2 is 1.85 bits per heavy atom. The molecule has 76 valence electrons. The van der Waals surface area contributed by atoms with Crippen molar-refractivity contribution in [2.24, 2.45) is 0 Å². The molecule has 3 nitrogen and oxygen atoms in total. The van der Waals surface area contributed by atoms with E-state index in [2.05, 4.69) is 0 Å². The predicted octanol–water partition coefficient (Wildman–Crippen LogP) is 2.00. The normalized spacial score (nSPS) is 10.8. The van der Waals surface area contributed by atoms with Crippen molar-refractivity contribution in [2.45, 2.75) is 46.3 Å². The molecule has 0 aromatic carbocycles. The lowest BCUT2D eigenvalue weighted by Gasteiger charge is -2.24. The Morgan fingerprint density at radius 3 is 2.15 bits per heavy atom. The van der Waals surface area contributed by atoms with Gasteiger partial charge >= 0.3 is 5.97 Å². The first-order valence-corrected chi connectivity index (χ1v) is 4.53. The third-order valence-electron chi connectivity index (χ3n) is 1.80. The van der Waals surface area contributed by atoms with Gasteiger partial charge in [0.1, 0.15) is 0 Å². The first-order chi connectivity index (χ1) is 5.93. The van der Waals surface area contributed by atoms with Gasteiger partial charge in [0, 0.05) is 18.9 Å². The summed E-state index contributed by atoms with van der Waals surface area (Å²) in [6, 6.07) is 0. The predicted molar refractivity (Wildman–Crippen MR) is 51.1 cm³/mol. The molecule has 0 fully saturated rings. The average Bonchev–Trinajstić information content (AvgIpc) is 2.02. The van der Waals surface area contributed by atoms with Crippen LogP contribution in [-0.2, 0) is 9.53 Å². The van der Waals surface area contributed by atoms with Crippen molar-refractivity contribution in [3.8, 4) is 0 Å². The number of carbonyl (C=O) groups excluding carboxylic acids is 1. The number of esters is 1. The second kappa shape index (κ2) is 5.02. The molecule has 0 aliphatic rings. The quantitative estimate of drug-likeness (QED) is 0.415. The van der Waals surface area contributed by atoms with E-state index in [4.69, 9.17) is 4.74 Å². The third-order valence-corrected chi connectivity index (χ3v) is 1.80. The highest BCUT2D eigenvalue weighted by Crippen LogP contribution is 2.16. The molecule has 0 aromatic heterocycles. The third kappa shape index (κ3) is 4.68. The molecular formula is C10H18O3. The highest BCUT2D eigenvalue weighted by atomic mass is 16.7. The van der Waals surface area contributed by atoms with E-state index in [-0.39, 0.29) is 0 Å². The number of aliphatic hydroxyl groups is 1. The number of hydrogen-bond donors (Lipinski definition) is 1. The molecule has 0 aliphatic carbocycles. The van der Waals surface area contributed by atoms with Crippen molar-refractivity contribution in [2.75, 3.05) is 0 Å². The van der Waals surface area contributed by atoms with Gasteiger partial charge in [-0.15, -0.1) is 0 Å². The first kappa shape index (κ1) is 12.2. The van der Waals surface area contributed by atoms with Crippen LogP contribution in [0.25, 0.3) is 0 Å². The molecule has 0 radical (unpaired) electrons. The molecule has 13 heavy (non-hydrogen) atoms. The monoisotopic (exact) mass is 186 g/mol. The Balaban J connectivity index is 4.26. The minimum Gasteiger partial charge on any atom is -0.430 e. The summed E-state index contributed by atoms with van der Waals surface area (Å²) < 4.78 is 4.89. The Kier molecular flexibility index (Phi) is 4.70. The summed E-state index contributed by atoms with van der Waals surface area (Å²) in [4.78, 5) is 11.1. The van der Waals surface area contributed by atoms with Crippen LogP contribution in [0.5, 0.6) is 0 Å². The van der Waals surface area contributed by atoms with E-state index in [1.165, 1.54) is 6.08 Å². The van der Waals surface area contributed by atoms with Gasteiger partial charge in [-0.05, 0) is 13.8 Å². The van der Waals surface area contributed by atoms with E-state index in [0.29, 0.717) is 12.8 Å². The van der Waals surface area contributed by atoms with E-state index in [1.807, 2.05) is 0 Å². The fraction of sp³-hybridized carbons (Fsp3) is 0.700. The molecule has 0 aromatic rings. The van der Waals surface area contributed by atoms with Crippen LogP contribution in [0.15, 0.2) is 11.6 Å². The van der Waals surface area contributed by atoms with Crippen LogP contribution in [0.2, 0.25) is 0 Å². The van der Waals surface area contributed by atoms with Gasteiger partial charge in [-0.25, -0.2) is 4.79 Å². The topological polar surface area (TPSA) is 46.5 Å². The van der Waals surface area contributed by atoms with Gasteiger partial charge in [0.05, 0.1) is 0 Å². The average molecular weight is 186 g/mol. The lowest BCUT2D eigenvalue weighted by Crippen LogP contribution is -2.32. The van der Waals surface area contributed by atoms with Gasteiger partial charge in [0.15, 0.2) is 0 Å². The van der Waals surface area contributed by atoms with E-state index < -0.39 is 11.8 Å². The Labute approximate surface area is 79.4 Å². The lowest BCUT2D eigenvalue weighted by atomic mass is 10.1. The van der Waals surface area contributed by atoms with Gasteiger partial charge < -0.3 is 9.84 Å². The number of carbonyl (C=O) groups is 1. The number of allylic oxidation sites excluding steroid dienone is 1. The highest BCUT2D eigenvalue weighted by molar-refractivity contribution is 5.82. The molecule has 0 unspecified atom stereocenters. The maximum absolute atomic E-state index is 11.1. The van der Waals surface area contributed by atoms with Crippen molar-refractivity contribution in [1.29, 1.82) is 0 Å². The van der Waals surface area contributed by atoms with Crippen LogP contribution in [0, 0.1) is 0 Å². The van der Waals surface area contributed by atoms with Crippen LogP contribution >= 0.6 is 0 Å².